The second-order valence-electron chi connectivity index (χ2n) is 3.72. The Bertz CT molecular complexity index is 271. The van der Waals surface area contributed by atoms with Gasteiger partial charge in [0.15, 0.2) is 0 Å². The van der Waals surface area contributed by atoms with Crippen molar-refractivity contribution in [3.8, 4) is 5.75 Å². The van der Waals surface area contributed by atoms with Crippen LogP contribution < -0.4 is 10.1 Å². The molecule has 0 aromatic heterocycles. The summed E-state index contributed by atoms with van der Waals surface area (Å²) in [5, 5.41) is 3.31. The van der Waals surface area contributed by atoms with E-state index in [0.29, 0.717) is 6.04 Å². The molecule has 78 valence electrons. The van der Waals surface area contributed by atoms with Crippen LogP contribution in [-0.4, -0.2) is 19.2 Å². The van der Waals surface area contributed by atoms with E-state index < -0.39 is 0 Å². The van der Waals surface area contributed by atoms with Crippen molar-refractivity contribution in [2.75, 3.05) is 13.2 Å². The first-order valence-electron chi connectivity index (χ1n) is 5.12. The molecule has 0 radical (unpaired) electrons. The van der Waals surface area contributed by atoms with Gasteiger partial charge in [-0.05, 0) is 18.6 Å². The lowest BCUT2D eigenvalue weighted by Crippen LogP contribution is -2.27. The summed E-state index contributed by atoms with van der Waals surface area (Å²) in [7, 11) is 0. The first-order chi connectivity index (χ1) is 6.70. The van der Waals surface area contributed by atoms with Crippen LogP contribution in [0, 0.1) is 6.92 Å². The van der Waals surface area contributed by atoms with Gasteiger partial charge in [-0.1, -0.05) is 32.0 Å². The van der Waals surface area contributed by atoms with Crippen molar-refractivity contribution in [1.29, 1.82) is 0 Å². The summed E-state index contributed by atoms with van der Waals surface area (Å²) in [6, 6.07) is 8.61. The van der Waals surface area contributed by atoms with Crippen molar-refractivity contribution in [3.05, 3.63) is 29.8 Å². The van der Waals surface area contributed by atoms with E-state index in [4.69, 9.17) is 4.74 Å². The van der Waals surface area contributed by atoms with E-state index >= 15 is 0 Å². The van der Waals surface area contributed by atoms with Crippen molar-refractivity contribution in [2.24, 2.45) is 0 Å². The Hall–Kier alpha value is -1.02. The van der Waals surface area contributed by atoms with Crippen LogP contribution in [0.5, 0.6) is 5.75 Å². The van der Waals surface area contributed by atoms with Gasteiger partial charge in [0, 0.05) is 12.6 Å². The fraction of sp³-hybridized carbons (Fsp3) is 0.500. The number of ether oxygens (including phenoxy) is 1. The van der Waals surface area contributed by atoms with Crippen molar-refractivity contribution in [3.63, 3.8) is 0 Å². The predicted octanol–water partition coefficient (Wildman–Crippen LogP) is 2.37. The van der Waals surface area contributed by atoms with Gasteiger partial charge < -0.3 is 10.1 Å². The molecular weight excluding hydrogens is 174 g/mol. The molecule has 0 fully saturated rings. The minimum atomic E-state index is 0.524. The first kappa shape index (κ1) is 11.1. The summed E-state index contributed by atoms with van der Waals surface area (Å²) in [6.07, 6.45) is 0. The zero-order valence-electron chi connectivity index (χ0n) is 9.21. The molecule has 0 aliphatic heterocycles. The Balaban J connectivity index is 2.28. The lowest BCUT2D eigenvalue weighted by atomic mass is 10.2. The van der Waals surface area contributed by atoms with E-state index in [1.165, 1.54) is 5.56 Å². The smallest absolute Gasteiger partial charge is 0.122 e. The Labute approximate surface area is 86.3 Å². The fourth-order valence-corrected chi connectivity index (χ4v) is 1.23. The lowest BCUT2D eigenvalue weighted by molar-refractivity contribution is 0.307. The predicted molar refractivity (Wildman–Crippen MR) is 59.8 cm³/mol. The Morgan fingerprint density at radius 2 is 2.00 bits per heavy atom. The molecule has 0 atom stereocenters. The van der Waals surface area contributed by atoms with Crippen LogP contribution in [0.15, 0.2) is 24.3 Å². The molecule has 2 heteroatoms. The Morgan fingerprint density at radius 3 is 2.64 bits per heavy atom. The first-order valence-corrected chi connectivity index (χ1v) is 5.12. The minimum Gasteiger partial charge on any atom is -0.492 e. The molecule has 0 amide bonds. The molecule has 0 aliphatic rings. The maximum atomic E-state index is 5.62. The van der Waals surface area contributed by atoms with E-state index in [-0.39, 0.29) is 0 Å². The average molecular weight is 193 g/mol. The highest BCUT2D eigenvalue weighted by atomic mass is 16.5. The van der Waals surface area contributed by atoms with Crippen LogP contribution in [0.4, 0.5) is 0 Å². The highest BCUT2D eigenvalue weighted by Gasteiger charge is 1.97. The minimum absolute atomic E-state index is 0.524. The second-order valence-corrected chi connectivity index (χ2v) is 3.72. The summed E-state index contributed by atoms with van der Waals surface area (Å²) in [5.41, 5.74) is 1.19. The molecule has 1 aromatic carbocycles. The van der Waals surface area contributed by atoms with Crippen LogP contribution in [0.1, 0.15) is 19.4 Å². The van der Waals surface area contributed by atoms with Gasteiger partial charge in [0.2, 0.25) is 0 Å². The summed E-state index contributed by atoms with van der Waals surface area (Å²) in [5.74, 6) is 0.984. The molecule has 0 aliphatic carbocycles. The molecule has 2 nitrogen and oxygen atoms in total. The highest BCUT2D eigenvalue weighted by molar-refractivity contribution is 5.31. The van der Waals surface area contributed by atoms with Crippen molar-refractivity contribution in [1.82, 2.24) is 5.32 Å². The van der Waals surface area contributed by atoms with Gasteiger partial charge in [-0.15, -0.1) is 0 Å². The molecule has 0 unspecified atom stereocenters. The standard InChI is InChI=1S/C12H19NO/c1-10(2)13-8-9-14-12-7-5-4-6-11(12)3/h4-7,10,13H,8-9H2,1-3H3. The van der Waals surface area contributed by atoms with Crippen LogP contribution in [0.2, 0.25) is 0 Å². The SMILES string of the molecule is Cc1ccccc1OCCNC(C)C. The van der Waals surface area contributed by atoms with Gasteiger partial charge in [-0.2, -0.15) is 0 Å². The zero-order chi connectivity index (χ0) is 10.4. The van der Waals surface area contributed by atoms with Gasteiger partial charge in [0.25, 0.3) is 0 Å². The van der Waals surface area contributed by atoms with Gasteiger partial charge in [-0.3, -0.25) is 0 Å². The van der Waals surface area contributed by atoms with Crippen molar-refractivity contribution >= 4 is 0 Å². The molecule has 1 aromatic rings. The summed E-state index contributed by atoms with van der Waals surface area (Å²) in [6.45, 7) is 7.95. The normalized spacial score (nSPS) is 10.6. The highest BCUT2D eigenvalue weighted by Crippen LogP contribution is 2.15. The molecular formula is C12H19NO. The third kappa shape index (κ3) is 3.79. The zero-order valence-corrected chi connectivity index (χ0v) is 9.21. The van der Waals surface area contributed by atoms with Gasteiger partial charge in [0.05, 0.1) is 0 Å². The van der Waals surface area contributed by atoms with Crippen LogP contribution >= 0.6 is 0 Å². The third-order valence-electron chi connectivity index (χ3n) is 2.01. The largest absolute Gasteiger partial charge is 0.492 e. The third-order valence-corrected chi connectivity index (χ3v) is 2.01. The van der Waals surface area contributed by atoms with Gasteiger partial charge in [-0.25, -0.2) is 0 Å². The van der Waals surface area contributed by atoms with E-state index in [9.17, 15) is 0 Å². The Kier molecular flexibility index (Phi) is 4.47. The average Bonchev–Trinajstić information content (AvgIpc) is 2.15. The molecule has 0 spiro atoms. The number of nitrogens with one attached hydrogen (secondary N) is 1. The van der Waals surface area contributed by atoms with E-state index in [1.54, 1.807) is 0 Å². The molecule has 1 N–H and O–H groups in total. The molecule has 0 bridgehead atoms. The molecule has 0 saturated carbocycles. The summed E-state index contributed by atoms with van der Waals surface area (Å²) < 4.78 is 5.62. The lowest BCUT2D eigenvalue weighted by Gasteiger charge is -2.11. The monoisotopic (exact) mass is 193 g/mol. The maximum Gasteiger partial charge on any atom is 0.122 e. The van der Waals surface area contributed by atoms with Crippen LogP contribution in [0.25, 0.3) is 0 Å². The Morgan fingerprint density at radius 1 is 1.29 bits per heavy atom. The number of aryl methyl sites for hydroxylation is 1. The topological polar surface area (TPSA) is 21.3 Å². The fourth-order valence-electron chi connectivity index (χ4n) is 1.23. The second kappa shape index (κ2) is 5.66. The quantitative estimate of drug-likeness (QED) is 0.725. The molecule has 0 saturated heterocycles. The van der Waals surface area contributed by atoms with Gasteiger partial charge >= 0.3 is 0 Å². The summed E-state index contributed by atoms with van der Waals surface area (Å²) >= 11 is 0. The molecule has 1 rings (SSSR count). The van der Waals surface area contributed by atoms with Gasteiger partial charge in [0.1, 0.15) is 12.4 Å². The van der Waals surface area contributed by atoms with E-state index in [0.717, 1.165) is 18.9 Å². The van der Waals surface area contributed by atoms with Crippen LogP contribution in [0.3, 0.4) is 0 Å². The van der Waals surface area contributed by atoms with Crippen molar-refractivity contribution < 1.29 is 4.74 Å². The number of hydrogen-bond donors (Lipinski definition) is 1. The number of rotatable bonds is 5. The molecule has 14 heavy (non-hydrogen) atoms. The number of hydrogen-bond acceptors (Lipinski definition) is 2. The van der Waals surface area contributed by atoms with E-state index in [2.05, 4.69) is 32.2 Å². The van der Waals surface area contributed by atoms with E-state index in [1.807, 2.05) is 18.2 Å². The van der Waals surface area contributed by atoms with Crippen molar-refractivity contribution in [2.45, 2.75) is 26.8 Å². The van der Waals surface area contributed by atoms with Crippen LogP contribution in [-0.2, 0) is 0 Å². The number of para-hydroxylation sites is 1. The summed E-state index contributed by atoms with van der Waals surface area (Å²) in [4.78, 5) is 0. The molecule has 0 heterocycles. The number of benzene rings is 1. The maximum absolute atomic E-state index is 5.62.